The summed E-state index contributed by atoms with van der Waals surface area (Å²) in [5.41, 5.74) is 2.44. The third-order valence-corrected chi connectivity index (χ3v) is 10.2. The molecule has 0 saturated heterocycles. The van der Waals surface area contributed by atoms with Crippen molar-refractivity contribution in [3.05, 3.63) is 42.5 Å². The summed E-state index contributed by atoms with van der Waals surface area (Å²) in [6, 6.07) is 3.70. The molecule has 3 aliphatic carbocycles. The molecule has 210 valence electrons. The Labute approximate surface area is 235 Å². The molecule has 0 bridgehead atoms. The molecule has 10 nitrogen and oxygen atoms in total. The minimum absolute atomic E-state index is 0.111. The highest BCUT2D eigenvalue weighted by molar-refractivity contribution is 7.90. The third kappa shape index (κ3) is 6.13. The van der Waals surface area contributed by atoms with Crippen LogP contribution < -0.4 is 10.6 Å². The standard InChI is InChI=1S/C29H35N7O3S/c1-29(11-12-29)10-8-22-16-32-27(14-25(22)31-15-20-2-4-21(19-37)5-3-20)34-26-9-13-30-28(35-26)23-17-33-36(18-23)40(38,39)24-6-7-24/h9,13-14,16-18,20-21,24,37H,2-7,11-12,15,19H2,1H3,(H2,30,31,32,34,35). The van der Waals surface area contributed by atoms with Crippen molar-refractivity contribution < 1.29 is 13.5 Å². The highest BCUT2D eigenvalue weighted by Crippen LogP contribution is 2.44. The Balaban J connectivity index is 1.19. The quantitative estimate of drug-likeness (QED) is 0.329. The van der Waals surface area contributed by atoms with Crippen LogP contribution in [0.5, 0.6) is 0 Å². The van der Waals surface area contributed by atoms with Gasteiger partial charge in [0.25, 0.3) is 10.0 Å². The number of hydrogen-bond donors (Lipinski definition) is 3. The summed E-state index contributed by atoms with van der Waals surface area (Å²) in [4.78, 5) is 13.5. The molecule has 0 radical (unpaired) electrons. The summed E-state index contributed by atoms with van der Waals surface area (Å²) >= 11 is 0. The Bertz CT molecular complexity index is 1540. The predicted molar refractivity (Wildman–Crippen MR) is 153 cm³/mol. The highest BCUT2D eigenvalue weighted by Gasteiger charge is 2.38. The largest absolute Gasteiger partial charge is 0.396 e. The summed E-state index contributed by atoms with van der Waals surface area (Å²) in [5, 5.41) is 20.0. The van der Waals surface area contributed by atoms with Gasteiger partial charge in [-0.05, 0) is 76.2 Å². The van der Waals surface area contributed by atoms with Crippen molar-refractivity contribution in [2.75, 3.05) is 23.8 Å². The van der Waals surface area contributed by atoms with Crippen LogP contribution >= 0.6 is 0 Å². The molecule has 3 aromatic heterocycles. The SMILES string of the molecule is CC1(C#Cc2cnc(Nc3ccnc(-c4cnn(S(=O)(=O)C5CC5)c4)n3)cc2NCC2CCC(CO)CC2)CC1. The Morgan fingerprint density at radius 2 is 1.85 bits per heavy atom. The van der Waals surface area contributed by atoms with E-state index >= 15 is 0 Å². The zero-order valence-corrected chi connectivity index (χ0v) is 23.5. The maximum Gasteiger partial charge on any atom is 0.256 e. The lowest BCUT2D eigenvalue weighted by Gasteiger charge is -2.27. The summed E-state index contributed by atoms with van der Waals surface area (Å²) in [7, 11) is -3.45. The van der Waals surface area contributed by atoms with Crippen LogP contribution in [0.4, 0.5) is 17.3 Å². The molecule has 3 saturated carbocycles. The van der Waals surface area contributed by atoms with Crippen LogP contribution in [0.15, 0.2) is 36.9 Å². The minimum atomic E-state index is -3.45. The number of hydrogen-bond acceptors (Lipinski definition) is 9. The number of nitrogens with one attached hydrogen (secondary N) is 2. The van der Waals surface area contributed by atoms with Crippen molar-refractivity contribution in [1.29, 1.82) is 0 Å². The highest BCUT2D eigenvalue weighted by atomic mass is 32.2. The van der Waals surface area contributed by atoms with E-state index in [-0.39, 0.29) is 17.3 Å². The molecule has 40 heavy (non-hydrogen) atoms. The van der Waals surface area contributed by atoms with Gasteiger partial charge in [-0.1, -0.05) is 11.8 Å². The zero-order chi connectivity index (χ0) is 27.7. The van der Waals surface area contributed by atoms with E-state index < -0.39 is 10.0 Å². The van der Waals surface area contributed by atoms with Crippen molar-refractivity contribution in [2.45, 2.75) is 63.5 Å². The summed E-state index contributed by atoms with van der Waals surface area (Å²) in [6.45, 7) is 3.32. The van der Waals surface area contributed by atoms with Gasteiger partial charge in [0.05, 0.1) is 34.5 Å². The maximum atomic E-state index is 12.5. The van der Waals surface area contributed by atoms with Crippen LogP contribution in [0.3, 0.4) is 0 Å². The van der Waals surface area contributed by atoms with Gasteiger partial charge < -0.3 is 15.7 Å². The van der Waals surface area contributed by atoms with Gasteiger partial charge in [-0.2, -0.15) is 9.19 Å². The van der Waals surface area contributed by atoms with E-state index in [1.807, 2.05) is 6.07 Å². The number of nitrogens with zero attached hydrogens (tertiary/aromatic N) is 5. The van der Waals surface area contributed by atoms with Gasteiger partial charge in [0.2, 0.25) is 0 Å². The smallest absolute Gasteiger partial charge is 0.256 e. The average Bonchev–Trinajstić information content (AvgIpc) is 3.90. The molecule has 3 heterocycles. The van der Waals surface area contributed by atoms with Crippen molar-refractivity contribution in [3.63, 3.8) is 0 Å². The fraction of sp³-hybridized carbons (Fsp3) is 0.517. The summed E-state index contributed by atoms with van der Waals surface area (Å²) in [6.07, 6.45) is 14.3. The Hall–Kier alpha value is -3.49. The lowest BCUT2D eigenvalue weighted by atomic mass is 9.82. The number of aliphatic hydroxyl groups excluding tert-OH is 1. The maximum absolute atomic E-state index is 12.5. The third-order valence-electron chi connectivity index (χ3n) is 8.15. The number of rotatable bonds is 9. The molecule has 3 fully saturated rings. The number of aliphatic hydroxyl groups is 1. The van der Waals surface area contributed by atoms with Crippen LogP contribution in [-0.2, 0) is 10.0 Å². The Morgan fingerprint density at radius 3 is 2.58 bits per heavy atom. The molecule has 0 atom stereocenters. The molecule has 0 aromatic carbocycles. The minimum Gasteiger partial charge on any atom is -0.396 e. The van der Waals surface area contributed by atoms with Gasteiger partial charge >= 0.3 is 0 Å². The van der Waals surface area contributed by atoms with Gasteiger partial charge in [0, 0.05) is 37.0 Å². The van der Waals surface area contributed by atoms with Crippen LogP contribution in [0, 0.1) is 29.1 Å². The normalized spacial score (nSPS) is 21.8. The fourth-order valence-electron chi connectivity index (χ4n) is 4.95. The summed E-state index contributed by atoms with van der Waals surface area (Å²) < 4.78 is 26.0. The second kappa shape index (κ2) is 10.8. The molecule has 3 aliphatic rings. The number of anilines is 3. The van der Waals surface area contributed by atoms with E-state index in [9.17, 15) is 13.5 Å². The van der Waals surface area contributed by atoms with Crippen LogP contribution in [0.1, 0.15) is 63.9 Å². The molecule has 3 N–H and O–H groups in total. The topological polar surface area (TPSA) is 135 Å². The molecule has 6 rings (SSSR count). The van der Waals surface area contributed by atoms with Crippen molar-refractivity contribution in [3.8, 4) is 23.2 Å². The fourth-order valence-corrected chi connectivity index (χ4v) is 6.43. The second-order valence-corrected chi connectivity index (χ2v) is 13.7. The van der Waals surface area contributed by atoms with E-state index in [0.29, 0.717) is 47.7 Å². The molecular weight excluding hydrogens is 526 g/mol. The van der Waals surface area contributed by atoms with Crippen LogP contribution in [0.25, 0.3) is 11.4 Å². The van der Waals surface area contributed by atoms with Crippen molar-refractivity contribution in [2.24, 2.45) is 17.3 Å². The van der Waals surface area contributed by atoms with Gasteiger partial charge in [-0.15, -0.1) is 0 Å². The molecule has 11 heteroatoms. The first kappa shape index (κ1) is 26.7. The van der Waals surface area contributed by atoms with Crippen molar-refractivity contribution >= 4 is 27.3 Å². The van der Waals surface area contributed by atoms with Crippen LogP contribution in [0.2, 0.25) is 0 Å². The number of pyridine rings is 1. The van der Waals surface area contributed by atoms with Gasteiger partial charge in [-0.3, -0.25) is 0 Å². The second-order valence-electron chi connectivity index (χ2n) is 11.6. The molecular formula is C29H35N7O3S. The molecule has 0 aliphatic heterocycles. The summed E-state index contributed by atoms with van der Waals surface area (Å²) in [5.74, 6) is 9.28. The first-order valence-corrected chi connectivity index (χ1v) is 15.6. The Morgan fingerprint density at radius 1 is 1.07 bits per heavy atom. The zero-order valence-electron chi connectivity index (χ0n) is 22.7. The average molecular weight is 562 g/mol. The van der Waals surface area contributed by atoms with Gasteiger partial charge in [-0.25, -0.2) is 23.4 Å². The molecule has 0 spiro atoms. The van der Waals surface area contributed by atoms with Gasteiger partial charge in [0.1, 0.15) is 11.6 Å². The van der Waals surface area contributed by atoms with Gasteiger partial charge in [0.15, 0.2) is 5.82 Å². The molecule has 0 amide bonds. The number of aromatic nitrogens is 5. The first-order chi connectivity index (χ1) is 19.3. The van der Waals surface area contributed by atoms with Crippen molar-refractivity contribution in [1.82, 2.24) is 24.1 Å². The lowest BCUT2D eigenvalue weighted by molar-refractivity contribution is 0.170. The molecule has 0 unspecified atom stereocenters. The van der Waals surface area contributed by atoms with E-state index in [1.54, 1.807) is 18.5 Å². The Kier molecular flexibility index (Phi) is 7.23. The monoisotopic (exact) mass is 561 g/mol. The van der Waals surface area contributed by atoms with E-state index in [4.69, 9.17) is 0 Å². The van der Waals surface area contributed by atoms with Crippen LogP contribution in [-0.4, -0.2) is 56.1 Å². The first-order valence-electron chi connectivity index (χ1n) is 14.1. The molecule has 3 aromatic rings. The van der Waals surface area contributed by atoms with E-state index in [0.717, 1.165) is 60.4 Å². The van der Waals surface area contributed by atoms with E-state index in [2.05, 4.69) is 49.4 Å². The lowest BCUT2D eigenvalue weighted by Crippen LogP contribution is -2.23. The van der Waals surface area contributed by atoms with E-state index in [1.165, 1.54) is 12.4 Å². The predicted octanol–water partition coefficient (Wildman–Crippen LogP) is 4.18.